The molecule has 3 aliphatic carbocycles. The van der Waals surface area contributed by atoms with Gasteiger partial charge in [0.1, 0.15) is 11.9 Å². The van der Waals surface area contributed by atoms with Crippen LogP contribution < -0.4 is 0 Å². The summed E-state index contributed by atoms with van der Waals surface area (Å²) in [5, 5.41) is 0. The Hall–Kier alpha value is -1.32. The lowest BCUT2D eigenvalue weighted by Gasteiger charge is -2.32. The van der Waals surface area contributed by atoms with Crippen LogP contribution in [0.3, 0.4) is 0 Å². The minimum Gasteiger partial charge on any atom is -0.468 e. The first-order chi connectivity index (χ1) is 10.5. The van der Waals surface area contributed by atoms with Crippen molar-refractivity contribution in [3.8, 4) is 0 Å². The zero-order valence-electron chi connectivity index (χ0n) is 13.1. The lowest BCUT2D eigenvalue weighted by Crippen LogP contribution is -2.22. The van der Waals surface area contributed by atoms with Gasteiger partial charge in [0, 0.05) is 5.41 Å². The van der Waals surface area contributed by atoms with Crippen molar-refractivity contribution < 1.29 is 9.47 Å². The minimum absolute atomic E-state index is 0.0158. The van der Waals surface area contributed by atoms with Crippen molar-refractivity contribution in [2.75, 3.05) is 6.79 Å². The van der Waals surface area contributed by atoms with E-state index in [1.807, 2.05) is 0 Å². The molecule has 1 saturated heterocycles. The van der Waals surface area contributed by atoms with Crippen molar-refractivity contribution in [1.29, 1.82) is 0 Å². The van der Waals surface area contributed by atoms with E-state index in [4.69, 9.17) is 9.47 Å². The van der Waals surface area contributed by atoms with Gasteiger partial charge in [-0.05, 0) is 63.7 Å². The maximum absolute atomic E-state index is 5.69. The zero-order valence-corrected chi connectivity index (χ0v) is 14.7. The summed E-state index contributed by atoms with van der Waals surface area (Å²) in [7, 11) is 0. The van der Waals surface area contributed by atoms with Crippen LogP contribution in [0.4, 0.5) is 0 Å². The molecule has 0 aromatic rings. The molecule has 1 atom stereocenters. The van der Waals surface area contributed by atoms with E-state index in [1.165, 1.54) is 27.9 Å². The van der Waals surface area contributed by atoms with Crippen LogP contribution in [0.2, 0.25) is 0 Å². The number of hydrogen-bond donors (Lipinski definition) is 0. The van der Waals surface area contributed by atoms with Crippen molar-refractivity contribution >= 4 is 15.9 Å². The Labute approximate surface area is 139 Å². The average Bonchev–Trinajstić information content (AvgIpc) is 3.16. The Balaban J connectivity index is 1.79. The predicted molar refractivity (Wildman–Crippen MR) is 91.3 cm³/mol. The molecule has 0 bridgehead atoms. The molecular formula is C19H19BrO2. The van der Waals surface area contributed by atoms with Gasteiger partial charge in [-0.2, -0.15) is 0 Å². The number of hydrogen-bond acceptors (Lipinski definition) is 2. The van der Waals surface area contributed by atoms with Gasteiger partial charge in [-0.25, -0.2) is 0 Å². The third kappa shape index (κ3) is 1.88. The van der Waals surface area contributed by atoms with Crippen LogP contribution in [0.5, 0.6) is 0 Å². The highest BCUT2D eigenvalue weighted by atomic mass is 79.9. The monoisotopic (exact) mass is 358 g/mol. The standard InChI is InChI=1S/C19H19BrO2/c1-11-8-14-13(9-15-18(17(14)20)22-10-21-15)16(11)19(2,3)12-6-4-5-7-12/h4-6,8-9,15H,7,10H2,1-3H3. The maximum atomic E-state index is 5.69. The number of fused-ring (bicyclic) bond motifs is 2. The molecule has 22 heavy (non-hydrogen) atoms. The Bertz CT molecular complexity index is 741. The maximum Gasteiger partial charge on any atom is 0.190 e. The molecule has 0 aromatic carbocycles. The van der Waals surface area contributed by atoms with Crippen molar-refractivity contribution in [1.82, 2.24) is 0 Å². The first-order valence-electron chi connectivity index (χ1n) is 7.66. The van der Waals surface area contributed by atoms with Crippen molar-refractivity contribution in [3.63, 3.8) is 0 Å². The van der Waals surface area contributed by atoms with Gasteiger partial charge in [-0.1, -0.05) is 37.6 Å². The van der Waals surface area contributed by atoms with E-state index in [1.54, 1.807) is 0 Å². The van der Waals surface area contributed by atoms with Crippen LogP contribution >= 0.6 is 15.9 Å². The SMILES string of the molecule is CC1=C(C(C)(C)C2=CC=CC2)C2=CC3OCOC3=C(Br)C2=C1. The summed E-state index contributed by atoms with van der Waals surface area (Å²) in [5.74, 6) is 0.906. The second kappa shape index (κ2) is 4.84. The van der Waals surface area contributed by atoms with Gasteiger partial charge in [0.25, 0.3) is 0 Å². The topological polar surface area (TPSA) is 18.5 Å². The van der Waals surface area contributed by atoms with E-state index in [0.717, 1.165) is 16.7 Å². The quantitative estimate of drug-likeness (QED) is 0.685. The molecule has 0 radical (unpaired) electrons. The van der Waals surface area contributed by atoms with Crippen LogP contribution in [0, 0.1) is 5.41 Å². The van der Waals surface area contributed by atoms with Crippen LogP contribution in [0.1, 0.15) is 27.2 Å². The molecular weight excluding hydrogens is 340 g/mol. The lowest BCUT2D eigenvalue weighted by atomic mass is 9.72. The summed E-state index contributed by atoms with van der Waals surface area (Å²) in [6, 6.07) is 0. The van der Waals surface area contributed by atoms with Crippen molar-refractivity contribution in [3.05, 3.63) is 68.5 Å². The van der Waals surface area contributed by atoms with Crippen LogP contribution in [-0.4, -0.2) is 12.9 Å². The van der Waals surface area contributed by atoms with E-state index in [-0.39, 0.29) is 11.5 Å². The highest BCUT2D eigenvalue weighted by molar-refractivity contribution is 9.12. The highest BCUT2D eigenvalue weighted by Crippen LogP contribution is 2.53. The van der Waals surface area contributed by atoms with E-state index in [9.17, 15) is 0 Å². The molecule has 3 heteroatoms. The first-order valence-corrected chi connectivity index (χ1v) is 8.45. The molecule has 114 valence electrons. The van der Waals surface area contributed by atoms with Crippen molar-refractivity contribution in [2.24, 2.45) is 5.41 Å². The Morgan fingerprint density at radius 1 is 1.27 bits per heavy atom. The summed E-state index contributed by atoms with van der Waals surface area (Å²) < 4.78 is 12.4. The number of halogens is 1. The molecule has 0 spiro atoms. The van der Waals surface area contributed by atoms with Gasteiger partial charge >= 0.3 is 0 Å². The molecule has 2 nitrogen and oxygen atoms in total. The third-order valence-electron chi connectivity index (χ3n) is 5.01. The van der Waals surface area contributed by atoms with Crippen LogP contribution in [-0.2, 0) is 9.47 Å². The molecule has 1 heterocycles. The molecule has 0 amide bonds. The second-order valence-electron chi connectivity index (χ2n) is 6.67. The number of allylic oxidation sites excluding steroid dienone is 10. The molecule has 1 aliphatic heterocycles. The van der Waals surface area contributed by atoms with E-state index < -0.39 is 0 Å². The third-order valence-corrected chi connectivity index (χ3v) is 5.82. The fourth-order valence-electron chi connectivity index (χ4n) is 3.89. The van der Waals surface area contributed by atoms with Crippen molar-refractivity contribution in [2.45, 2.75) is 33.3 Å². The number of rotatable bonds is 2. The van der Waals surface area contributed by atoms with Crippen LogP contribution in [0.15, 0.2) is 68.5 Å². The van der Waals surface area contributed by atoms with Gasteiger partial charge in [0.2, 0.25) is 0 Å². The summed E-state index contributed by atoms with van der Waals surface area (Å²) in [5.41, 5.74) is 6.74. The zero-order chi connectivity index (χ0) is 15.5. The summed E-state index contributed by atoms with van der Waals surface area (Å²) in [6.45, 7) is 7.18. The second-order valence-corrected chi connectivity index (χ2v) is 7.47. The Morgan fingerprint density at radius 2 is 2.09 bits per heavy atom. The molecule has 4 aliphatic rings. The Morgan fingerprint density at radius 3 is 2.82 bits per heavy atom. The van der Waals surface area contributed by atoms with E-state index in [0.29, 0.717) is 6.79 Å². The molecule has 4 rings (SSSR count). The normalized spacial score (nSPS) is 26.7. The predicted octanol–water partition coefficient (Wildman–Crippen LogP) is 5.07. The minimum atomic E-state index is -0.0612. The fraction of sp³-hybridized carbons (Fsp3) is 0.368. The molecule has 1 unspecified atom stereocenters. The number of ether oxygens (including phenoxy) is 2. The van der Waals surface area contributed by atoms with Gasteiger partial charge in [-0.3, -0.25) is 0 Å². The van der Waals surface area contributed by atoms with Gasteiger partial charge < -0.3 is 9.47 Å². The smallest absolute Gasteiger partial charge is 0.190 e. The fourth-order valence-corrected chi connectivity index (χ4v) is 4.56. The molecule has 0 saturated carbocycles. The van der Waals surface area contributed by atoms with E-state index in [2.05, 4.69) is 67.1 Å². The summed E-state index contributed by atoms with van der Waals surface area (Å²) in [6.07, 6.45) is 12.1. The molecule has 0 aromatic heterocycles. The average molecular weight is 359 g/mol. The largest absolute Gasteiger partial charge is 0.468 e. The molecule has 1 fully saturated rings. The molecule has 0 N–H and O–H groups in total. The van der Waals surface area contributed by atoms with Gasteiger partial charge in [-0.15, -0.1) is 0 Å². The van der Waals surface area contributed by atoms with Crippen LogP contribution in [0.25, 0.3) is 0 Å². The first kappa shape index (κ1) is 14.3. The summed E-state index contributed by atoms with van der Waals surface area (Å²) in [4.78, 5) is 0. The summed E-state index contributed by atoms with van der Waals surface area (Å²) >= 11 is 3.72. The van der Waals surface area contributed by atoms with E-state index >= 15 is 0 Å². The van der Waals surface area contributed by atoms with Gasteiger partial charge in [0.15, 0.2) is 6.79 Å². The highest BCUT2D eigenvalue weighted by Gasteiger charge is 2.40. The Kier molecular flexibility index (Phi) is 3.14. The lowest BCUT2D eigenvalue weighted by molar-refractivity contribution is 0.0629. The van der Waals surface area contributed by atoms with Gasteiger partial charge in [0.05, 0.1) is 4.48 Å².